The van der Waals surface area contributed by atoms with Crippen LogP contribution in [0.1, 0.15) is 46.0 Å². The van der Waals surface area contributed by atoms with Crippen molar-refractivity contribution in [2.24, 2.45) is 17.9 Å². The van der Waals surface area contributed by atoms with E-state index in [1.165, 1.54) is 36.7 Å². The molecule has 2 saturated carbocycles. The van der Waals surface area contributed by atoms with E-state index in [9.17, 15) is 9.90 Å². The predicted molar refractivity (Wildman–Crippen MR) is 129 cm³/mol. The van der Waals surface area contributed by atoms with Gasteiger partial charge >= 0.3 is 5.69 Å². The fourth-order valence-corrected chi connectivity index (χ4v) is 6.02. The van der Waals surface area contributed by atoms with Crippen molar-refractivity contribution in [2.45, 2.75) is 52.0 Å². The number of hydrogen-bond acceptors (Lipinski definition) is 6. The Morgan fingerprint density at radius 2 is 1.76 bits per heavy atom. The zero-order chi connectivity index (χ0) is 23.4. The molecule has 0 amide bonds. The normalized spacial score (nSPS) is 26.4. The Morgan fingerprint density at radius 1 is 1.03 bits per heavy atom. The molecule has 3 aromatic rings. The summed E-state index contributed by atoms with van der Waals surface area (Å²) >= 11 is 0. The molecule has 3 atom stereocenters. The van der Waals surface area contributed by atoms with E-state index in [0.29, 0.717) is 39.4 Å². The van der Waals surface area contributed by atoms with Crippen LogP contribution >= 0.6 is 0 Å². The van der Waals surface area contributed by atoms with Gasteiger partial charge in [-0.3, -0.25) is 0 Å². The highest BCUT2D eigenvalue weighted by molar-refractivity contribution is 5.73. The highest BCUT2D eigenvalue weighted by Gasteiger charge is 2.49. The van der Waals surface area contributed by atoms with Crippen LogP contribution in [0.3, 0.4) is 0 Å². The minimum Gasteiger partial charge on any atom is -0.507 e. The van der Waals surface area contributed by atoms with Crippen LogP contribution in [0.25, 0.3) is 22.5 Å². The standard InChI is InChI=1S/C26H31N5O2/c1-25-10-11-26(2,16-25)15-18(14-25)31(4)23-8-7-21(28-29-23)19-6-5-17(13-22(19)32)20-9-12-30(3)24(33)27-20/h5-9,12-13,18,32H,10-11,14-16H2,1-4H3/t18?,25-,26+. The quantitative estimate of drug-likeness (QED) is 0.641. The van der Waals surface area contributed by atoms with Crippen LogP contribution in [-0.2, 0) is 7.05 Å². The first-order valence-electron chi connectivity index (χ1n) is 11.6. The zero-order valence-corrected chi connectivity index (χ0v) is 19.7. The van der Waals surface area contributed by atoms with Crippen molar-refractivity contribution < 1.29 is 5.11 Å². The van der Waals surface area contributed by atoms with Crippen molar-refractivity contribution in [3.8, 4) is 28.3 Å². The second-order valence-electron chi connectivity index (χ2n) is 10.7. The van der Waals surface area contributed by atoms with Gasteiger partial charge in [0.1, 0.15) is 5.75 Å². The molecule has 0 spiro atoms. The van der Waals surface area contributed by atoms with Crippen LogP contribution in [0.15, 0.2) is 47.4 Å². The lowest BCUT2D eigenvalue weighted by Crippen LogP contribution is -2.42. The van der Waals surface area contributed by atoms with Crippen molar-refractivity contribution in [2.75, 3.05) is 11.9 Å². The summed E-state index contributed by atoms with van der Waals surface area (Å²) < 4.78 is 1.41. The minimum absolute atomic E-state index is 0.0788. The Kier molecular flexibility index (Phi) is 5.03. The lowest BCUT2D eigenvalue weighted by Gasteiger charge is -2.44. The SMILES string of the molecule is CN(c1ccc(-c2ccc(-c3ccn(C)c(=O)n3)cc2O)nn1)C1C[C@]2(C)CC[C@](C)(C1)C2. The van der Waals surface area contributed by atoms with Crippen molar-refractivity contribution in [3.63, 3.8) is 0 Å². The average molecular weight is 446 g/mol. The first kappa shape index (κ1) is 21.6. The maximum atomic E-state index is 11.8. The number of rotatable bonds is 4. The third kappa shape index (κ3) is 4.01. The van der Waals surface area contributed by atoms with Crippen LogP contribution in [0.4, 0.5) is 5.82 Å². The number of nitrogens with zero attached hydrogens (tertiary/aromatic N) is 5. The molecule has 1 aromatic carbocycles. The van der Waals surface area contributed by atoms with Crippen LogP contribution in [-0.4, -0.2) is 37.9 Å². The molecule has 0 aliphatic heterocycles. The fourth-order valence-electron chi connectivity index (χ4n) is 6.02. The number of anilines is 1. The molecule has 2 heterocycles. The van der Waals surface area contributed by atoms with E-state index < -0.39 is 0 Å². The summed E-state index contributed by atoms with van der Waals surface area (Å²) in [7, 11) is 3.77. The van der Waals surface area contributed by atoms with Gasteiger partial charge in [0, 0.05) is 37.5 Å². The number of aryl methyl sites for hydroxylation is 1. The predicted octanol–water partition coefficient (Wildman–Crippen LogP) is 4.41. The monoisotopic (exact) mass is 445 g/mol. The number of fused-ring (bicyclic) bond motifs is 2. The fraction of sp³-hybridized carbons (Fsp3) is 0.462. The second-order valence-corrected chi connectivity index (χ2v) is 10.7. The Labute approximate surface area is 194 Å². The van der Waals surface area contributed by atoms with Crippen molar-refractivity contribution in [1.82, 2.24) is 19.7 Å². The highest BCUT2D eigenvalue weighted by atomic mass is 16.3. The Balaban J connectivity index is 1.36. The van der Waals surface area contributed by atoms with E-state index in [0.717, 1.165) is 5.82 Å². The molecule has 0 saturated heterocycles. The Morgan fingerprint density at radius 3 is 2.36 bits per heavy atom. The van der Waals surface area contributed by atoms with Crippen LogP contribution < -0.4 is 10.6 Å². The molecular formula is C26H31N5O2. The van der Waals surface area contributed by atoms with Gasteiger partial charge in [0.15, 0.2) is 5.82 Å². The van der Waals surface area contributed by atoms with Gasteiger partial charge < -0.3 is 14.6 Å². The number of phenolic OH excluding ortho intramolecular Hbond substituents is 1. The molecule has 1 unspecified atom stereocenters. The van der Waals surface area contributed by atoms with E-state index in [-0.39, 0.29) is 11.4 Å². The smallest absolute Gasteiger partial charge is 0.347 e. The summed E-state index contributed by atoms with van der Waals surface area (Å²) in [6.07, 6.45) is 8.02. The zero-order valence-electron chi connectivity index (χ0n) is 19.7. The molecule has 0 radical (unpaired) electrons. The summed E-state index contributed by atoms with van der Waals surface area (Å²) in [5, 5.41) is 19.6. The Bertz CT molecular complexity index is 1240. The molecular weight excluding hydrogens is 414 g/mol. The molecule has 2 aromatic heterocycles. The highest BCUT2D eigenvalue weighted by Crippen LogP contribution is 2.58. The molecule has 33 heavy (non-hydrogen) atoms. The van der Waals surface area contributed by atoms with Crippen molar-refractivity contribution in [3.05, 3.63) is 53.1 Å². The summed E-state index contributed by atoms with van der Waals surface area (Å²) in [4.78, 5) is 18.2. The minimum atomic E-state index is -0.337. The van der Waals surface area contributed by atoms with E-state index >= 15 is 0 Å². The van der Waals surface area contributed by atoms with Crippen LogP contribution in [0.2, 0.25) is 0 Å². The van der Waals surface area contributed by atoms with Crippen molar-refractivity contribution >= 4 is 5.82 Å². The maximum Gasteiger partial charge on any atom is 0.347 e. The number of aromatic nitrogens is 4. The second kappa shape index (κ2) is 7.68. The van der Waals surface area contributed by atoms with Crippen LogP contribution in [0.5, 0.6) is 5.75 Å². The van der Waals surface area contributed by atoms with Gasteiger partial charge in [-0.1, -0.05) is 19.9 Å². The summed E-state index contributed by atoms with van der Waals surface area (Å²) in [5.41, 5.74) is 2.93. The van der Waals surface area contributed by atoms with Gasteiger partial charge in [-0.2, -0.15) is 4.98 Å². The molecule has 172 valence electrons. The summed E-state index contributed by atoms with van der Waals surface area (Å²) in [5.74, 6) is 0.938. The first-order chi connectivity index (χ1) is 15.6. The van der Waals surface area contributed by atoms with Gasteiger partial charge in [0.25, 0.3) is 0 Å². The molecule has 7 heteroatoms. The van der Waals surface area contributed by atoms with E-state index in [1.807, 2.05) is 18.2 Å². The molecule has 2 aliphatic carbocycles. The first-order valence-corrected chi connectivity index (χ1v) is 11.6. The molecule has 2 fully saturated rings. The largest absolute Gasteiger partial charge is 0.507 e. The van der Waals surface area contributed by atoms with Gasteiger partial charge in [0.2, 0.25) is 0 Å². The molecule has 2 bridgehead atoms. The van der Waals surface area contributed by atoms with Gasteiger partial charge in [-0.05, 0) is 73.3 Å². The van der Waals surface area contributed by atoms with E-state index in [4.69, 9.17) is 0 Å². The third-order valence-corrected chi connectivity index (χ3v) is 7.75. The average Bonchev–Trinajstić information content (AvgIpc) is 3.01. The third-order valence-electron chi connectivity index (χ3n) is 7.75. The topological polar surface area (TPSA) is 84.1 Å². The summed E-state index contributed by atoms with van der Waals surface area (Å²) in [6, 6.07) is 11.3. The van der Waals surface area contributed by atoms with E-state index in [1.54, 1.807) is 31.4 Å². The maximum absolute atomic E-state index is 11.8. The van der Waals surface area contributed by atoms with Gasteiger partial charge in [-0.15, -0.1) is 10.2 Å². The van der Waals surface area contributed by atoms with Gasteiger partial charge in [-0.25, -0.2) is 4.79 Å². The number of aromatic hydroxyl groups is 1. The molecule has 2 aliphatic rings. The lowest BCUT2D eigenvalue weighted by molar-refractivity contribution is 0.148. The van der Waals surface area contributed by atoms with E-state index in [2.05, 4.69) is 41.0 Å². The number of benzene rings is 1. The Hall–Kier alpha value is -3.22. The molecule has 7 nitrogen and oxygen atoms in total. The molecule has 1 N–H and O–H groups in total. The van der Waals surface area contributed by atoms with Crippen LogP contribution in [0, 0.1) is 10.8 Å². The number of hydrogen-bond donors (Lipinski definition) is 1. The molecule has 5 rings (SSSR count). The number of phenols is 1. The lowest BCUT2D eigenvalue weighted by atomic mass is 9.68. The summed E-state index contributed by atoms with van der Waals surface area (Å²) in [6.45, 7) is 4.87. The van der Waals surface area contributed by atoms with Gasteiger partial charge in [0.05, 0.1) is 11.4 Å². The van der Waals surface area contributed by atoms with Crippen molar-refractivity contribution in [1.29, 1.82) is 0 Å².